The summed E-state index contributed by atoms with van der Waals surface area (Å²) in [5.41, 5.74) is 0.712. The number of nitrogens with two attached hydrogens (primary N) is 1. The fourth-order valence-electron chi connectivity index (χ4n) is 2.75. The van der Waals surface area contributed by atoms with Crippen LogP contribution in [-0.2, 0) is 10.0 Å². The van der Waals surface area contributed by atoms with Crippen LogP contribution >= 0.6 is 0 Å². The predicted molar refractivity (Wildman–Crippen MR) is 100 cm³/mol. The minimum absolute atomic E-state index is 0.0856. The first kappa shape index (κ1) is 18.8. The summed E-state index contributed by atoms with van der Waals surface area (Å²) in [6, 6.07) is 15.4. The van der Waals surface area contributed by atoms with Crippen molar-refractivity contribution < 1.29 is 17.2 Å². The molecule has 0 aliphatic carbocycles. The molecule has 2 N–H and O–H groups in total. The third kappa shape index (κ3) is 4.05. The van der Waals surface area contributed by atoms with Crippen molar-refractivity contribution >= 4 is 10.0 Å². The summed E-state index contributed by atoms with van der Waals surface area (Å²) in [4.78, 5) is -0.330. The van der Waals surface area contributed by atoms with Gasteiger partial charge in [-0.1, -0.05) is 42.2 Å². The number of hydrogen-bond donors (Lipinski definition) is 1. The molecule has 0 heterocycles. The Balaban J connectivity index is 2.15. The summed E-state index contributed by atoms with van der Waals surface area (Å²) in [5.74, 6) is 3.71. The van der Waals surface area contributed by atoms with Crippen LogP contribution in [-0.4, -0.2) is 8.42 Å². The molecule has 0 unspecified atom stereocenters. The molecule has 0 aliphatic rings. The predicted octanol–water partition coefficient (Wildman–Crippen LogP) is 3.99. The molecule has 3 aromatic rings. The van der Waals surface area contributed by atoms with Gasteiger partial charge in [-0.15, -0.1) is 0 Å². The van der Waals surface area contributed by atoms with E-state index < -0.39 is 27.2 Å². The van der Waals surface area contributed by atoms with Gasteiger partial charge in [-0.2, -0.15) is 0 Å². The Kier molecular flexibility index (Phi) is 5.08. The first-order chi connectivity index (χ1) is 12.8. The third-order valence-corrected chi connectivity index (χ3v) is 4.91. The van der Waals surface area contributed by atoms with E-state index in [0.29, 0.717) is 11.1 Å². The second-order valence-electron chi connectivity index (χ2n) is 5.92. The number of primary sulfonamides is 1. The van der Waals surface area contributed by atoms with Gasteiger partial charge in [0.2, 0.25) is 10.0 Å². The monoisotopic (exact) mass is 383 g/mol. The van der Waals surface area contributed by atoms with E-state index in [2.05, 4.69) is 11.8 Å². The van der Waals surface area contributed by atoms with Crippen LogP contribution in [0.4, 0.5) is 8.78 Å². The van der Waals surface area contributed by atoms with Crippen LogP contribution in [0.15, 0.2) is 65.6 Å². The number of aryl methyl sites for hydroxylation is 1. The smallest absolute Gasteiger partial charge is 0.225 e. The highest BCUT2D eigenvalue weighted by atomic mass is 32.2. The average Bonchev–Trinajstić information content (AvgIpc) is 2.60. The van der Waals surface area contributed by atoms with Crippen molar-refractivity contribution in [3.63, 3.8) is 0 Å². The molecule has 0 aromatic heterocycles. The summed E-state index contributed by atoms with van der Waals surface area (Å²) in [6.45, 7) is 1.56. The minimum atomic E-state index is -4.16. The normalized spacial score (nSPS) is 11.0. The molecule has 136 valence electrons. The Morgan fingerprint density at radius 3 is 2.00 bits per heavy atom. The lowest BCUT2D eigenvalue weighted by Gasteiger charge is -2.13. The highest BCUT2D eigenvalue weighted by molar-refractivity contribution is 7.89. The van der Waals surface area contributed by atoms with E-state index in [0.717, 1.165) is 12.1 Å². The van der Waals surface area contributed by atoms with E-state index >= 15 is 0 Å². The summed E-state index contributed by atoms with van der Waals surface area (Å²) in [5, 5.41) is 5.21. The Morgan fingerprint density at radius 2 is 1.41 bits per heavy atom. The van der Waals surface area contributed by atoms with Gasteiger partial charge in [0.1, 0.15) is 11.6 Å². The van der Waals surface area contributed by atoms with Gasteiger partial charge in [-0.05, 0) is 42.8 Å². The quantitative estimate of drug-likeness (QED) is 0.681. The minimum Gasteiger partial charge on any atom is -0.225 e. The average molecular weight is 383 g/mol. The molecule has 3 rings (SSSR count). The topological polar surface area (TPSA) is 60.2 Å². The van der Waals surface area contributed by atoms with Crippen molar-refractivity contribution in [1.82, 2.24) is 0 Å². The molecule has 0 fully saturated rings. The number of sulfonamides is 1. The highest BCUT2D eigenvalue weighted by Crippen LogP contribution is 2.34. The number of benzene rings is 3. The molecule has 6 heteroatoms. The van der Waals surface area contributed by atoms with Gasteiger partial charge in [0.05, 0.1) is 10.5 Å². The Bertz CT molecular complexity index is 1150. The maximum atomic E-state index is 14.7. The van der Waals surface area contributed by atoms with Crippen LogP contribution in [0.25, 0.3) is 11.1 Å². The molecule has 0 atom stereocenters. The number of rotatable bonds is 2. The standard InChI is InChI=1S/C21H15F2NO2S/c1-14-6-5-9-19(27(24,25)26)20(14)21-17(22)12-16(13-18(21)23)11-10-15-7-3-2-4-8-15/h2-9,12-13H,1H3,(H2,24,25,26). The number of halogens is 2. The van der Waals surface area contributed by atoms with Gasteiger partial charge in [0.25, 0.3) is 0 Å². The molecule has 0 spiro atoms. The van der Waals surface area contributed by atoms with Crippen molar-refractivity contribution in [2.75, 3.05) is 0 Å². The van der Waals surface area contributed by atoms with E-state index in [1.54, 1.807) is 37.3 Å². The zero-order chi connectivity index (χ0) is 19.6. The SMILES string of the molecule is Cc1cccc(S(N)(=O)=O)c1-c1c(F)cc(C#Cc2ccccc2)cc1F. The lowest BCUT2D eigenvalue weighted by Crippen LogP contribution is -2.14. The summed E-state index contributed by atoms with van der Waals surface area (Å²) in [7, 11) is -4.16. The second-order valence-corrected chi connectivity index (χ2v) is 7.45. The molecule has 0 aliphatic heterocycles. The van der Waals surface area contributed by atoms with E-state index in [-0.39, 0.29) is 16.0 Å². The third-order valence-electron chi connectivity index (χ3n) is 3.96. The number of hydrogen-bond acceptors (Lipinski definition) is 2. The van der Waals surface area contributed by atoms with Crippen molar-refractivity contribution in [2.24, 2.45) is 5.14 Å². The molecule has 0 saturated carbocycles. The van der Waals surface area contributed by atoms with Crippen LogP contribution in [0.1, 0.15) is 16.7 Å². The van der Waals surface area contributed by atoms with E-state index in [4.69, 9.17) is 5.14 Å². The first-order valence-electron chi connectivity index (χ1n) is 7.96. The highest BCUT2D eigenvalue weighted by Gasteiger charge is 2.22. The molecule has 3 aromatic carbocycles. The molecule has 0 saturated heterocycles. The van der Waals surface area contributed by atoms with Gasteiger partial charge in [-0.3, -0.25) is 0 Å². The molecule has 0 bridgehead atoms. The van der Waals surface area contributed by atoms with Crippen LogP contribution in [0.5, 0.6) is 0 Å². The summed E-state index contributed by atoms with van der Waals surface area (Å²) < 4.78 is 53.1. The molecule has 0 amide bonds. The maximum absolute atomic E-state index is 14.7. The lowest BCUT2D eigenvalue weighted by atomic mass is 9.98. The first-order valence-corrected chi connectivity index (χ1v) is 9.51. The molecule has 0 radical (unpaired) electrons. The van der Waals surface area contributed by atoms with Gasteiger partial charge in [-0.25, -0.2) is 22.3 Å². The van der Waals surface area contributed by atoms with Crippen LogP contribution in [0, 0.1) is 30.4 Å². The van der Waals surface area contributed by atoms with Gasteiger partial charge in [0.15, 0.2) is 0 Å². The van der Waals surface area contributed by atoms with E-state index in [9.17, 15) is 17.2 Å². The van der Waals surface area contributed by atoms with Gasteiger partial charge >= 0.3 is 0 Å². The summed E-state index contributed by atoms with van der Waals surface area (Å²) in [6.07, 6.45) is 0. The van der Waals surface area contributed by atoms with Crippen molar-refractivity contribution in [3.8, 4) is 23.0 Å². The van der Waals surface area contributed by atoms with Crippen molar-refractivity contribution in [3.05, 3.63) is 89.0 Å². The Morgan fingerprint density at radius 1 is 0.815 bits per heavy atom. The van der Waals surface area contributed by atoms with Gasteiger partial charge < -0.3 is 0 Å². The molecular weight excluding hydrogens is 368 g/mol. The molecule has 27 heavy (non-hydrogen) atoms. The van der Waals surface area contributed by atoms with Crippen LogP contribution < -0.4 is 5.14 Å². The van der Waals surface area contributed by atoms with Crippen molar-refractivity contribution in [1.29, 1.82) is 0 Å². The van der Waals surface area contributed by atoms with Gasteiger partial charge in [0, 0.05) is 16.7 Å². The maximum Gasteiger partial charge on any atom is 0.238 e. The zero-order valence-electron chi connectivity index (χ0n) is 14.3. The van der Waals surface area contributed by atoms with E-state index in [1.165, 1.54) is 12.1 Å². The largest absolute Gasteiger partial charge is 0.238 e. The second kappa shape index (κ2) is 7.31. The molecule has 3 nitrogen and oxygen atoms in total. The van der Waals surface area contributed by atoms with E-state index in [1.807, 2.05) is 6.07 Å². The summed E-state index contributed by atoms with van der Waals surface area (Å²) >= 11 is 0. The Labute approximate surface area is 156 Å². The lowest BCUT2D eigenvalue weighted by molar-refractivity contribution is 0.586. The Hall–Kier alpha value is -3.01. The fraction of sp³-hybridized carbons (Fsp3) is 0.0476. The van der Waals surface area contributed by atoms with Crippen LogP contribution in [0.2, 0.25) is 0 Å². The van der Waals surface area contributed by atoms with Crippen LogP contribution in [0.3, 0.4) is 0 Å². The molecular formula is C21H15F2NO2S. The van der Waals surface area contributed by atoms with Crippen molar-refractivity contribution in [2.45, 2.75) is 11.8 Å². The zero-order valence-corrected chi connectivity index (χ0v) is 15.1. The fourth-order valence-corrected chi connectivity index (χ4v) is 3.56.